The molecule has 0 aliphatic carbocycles. The third kappa shape index (κ3) is 3.39. The molecule has 2 aromatic rings. The average Bonchev–Trinajstić information content (AvgIpc) is 3.00. The first-order valence-electron chi connectivity index (χ1n) is 8.12. The molecule has 2 heterocycles. The highest BCUT2D eigenvalue weighted by molar-refractivity contribution is 8.01. The number of aryl methyl sites for hydroxylation is 1. The summed E-state index contributed by atoms with van der Waals surface area (Å²) in [5.41, 5.74) is 1.87. The average molecular weight is 372 g/mol. The van der Waals surface area contributed by atoms with E-state index in [-0.39, 0.29) is 12.3 Å². The molecule has 1 saturated heterocycles. The SMILES string of the molecule is COC(=O)[C@@]1(Sc2ccc(C)cc2)CC(=O)NC1c1ccnc(OC)c1. The molecular weight excluding hydrogens is 352 g/mol. The van der Waals surface area contributed by atoms with Crippen LogP contribution in [-0.2, 0) is 14.3 Å². The van der Waals surface area contributed by atoms with Crippen molar-refractivity contribution in [3.8, 4) is 5.88 Å². The Balaban J connectivity index is 2.06. The van der Waals surface area contributed by atoms with Gasteiger partial charge in [0, 0.05) is 17.2 Å². The first-order chi connectivity index (χ1) is 12.5. The molecule has 7 heteroatoms. The predicted octanol–water partition coefficient (Wildman–Crippen LogP) is 2.66. The molecule has 136 valence electrons. The third-order valence-corrected chi connectivity index (χ3v) is 5.77. The minimum absolute atomic E-state index is 0.0352. The zero-order valence-corrected chi connectivity index (χ0v) is 15.6. The number of carbonyl (C=O) groups excluding carboxylic acids is 2. The van der Waals surface area contributed by atoms with Gasteiger partial charge in [0.2, 0.25) is 11.8 Å². The number of rotatable bonds is 5. The van der Waals surface area contributed by atoms with Gasteiger partial charge in [-0.25, -0.2) is 4.98 Å². The van der Waals surface area contributed by atoms with Crippen LogP contribution >= 0.6 is 11.8 Å². The van der Waals surface area contributed by atoms with Crippen molar-refractivity contribution < 1.29 is 19.1 Å². The number of nitrogens with zero attached hydrogens (tertiary/aromatic N) is 1. The van der Waals surface area contributed by atoms with Gasteiger partial charge in [0.15, 0.2) is 4.75 Å². The molecule has 1 aromatic heterocycles. The maximum absolute atomic E-state index is 12.8. The van der Waals surface area contributed by atoms with Crippen molar-refractivity contribution >= 4 is 23.6 Å². The van der Waals surface area contributed by atoms with Crippen molar-refractivity contribution in [3.63, 3.8) is 0 Å². The first kappa shape index (κ1) is 18.3. The van der Waals surface area contributed by atoms with E-state index in [1.807, 2.05) is 31.2 Å². The van der Waals surface area contributed by atoms with Gasteiger partial charge < -0.3 is 14.8 Å². The molecule has 3 rings (SSSR count). The molecule has 1 amide bonds. The normalized spacial score (nSPS) is 22.0. The lowest BCUT2D eigenvalue weighted by molar-refractivity contribution is -0.144. The smallest absolute Gasteiger partial charge is 0.325 e. The quantitative estimate of drug-likeness (QED) is 0.813. The van der Waals surface area contributed by atoms with Crippen LogP contribution in [0.5, 0.6) is 5.88 Å². The second-order valence-electron chi connectivity index (χ2n) is 6.11. The molecule has 0 saturated carbocycles. The van der Waals surface area contributed by atoms with Crippen LogP contribution in [0.2, 0.25) is 0 Å². The van der Waals surface area contributed by atoms with Crippen molar-refractivity contribution in [2.45, 2.75) is 29.0 Å². The van der Waals surface area contributed by atoms with E-state index in [4.69, 9.17) is 9.47 Å². The van der Waals surface area contributed by atoms with E-state index in [0.29, 0.717) is 5.88 Å². The fourth-order valence-corrected chi connectivity index (χ4v) is 4.43. The number of hydrogen-bond donors (Lipinski definition) is 1. The van der Waals surface area contributed by atoms with Gasteiger partial charge in [0.25, 0.3) is 0 Å². The Labute approximate surface area is 156 Å². The molecule has 2 atom stereocenters. The second-order valence-corrected chi connectivity index (χ2v) is 7.51. The molecule has 1 aliphatic heterocycles. The van der Waals surface area contributed by atoms with Crippen molar-refractivity contribution in [2.75, 3.05) is 14.2 Å². The summed E-state index contributed by atoms with van der Waals surface area (Å²) in [7, 11) is 2.86. The van der Waals surface area contributed by atoms with Crippen LogP contribution in [0.4, 0.5) is 0 Å². The minimum atomic E-state index is -1.10. The van der Waals surface area contributed by atoms with Crippen molar-refractivity contribution in [1.29, 1.82) is 0 Å². The second kappa shape index (κ2) is 7.37. The number of methoxy groups -OCH3 is 2. The van der Waals surface area contributed by atoms with Gasteiger partial charge in [-0.05, 0) is 30.7 Å². The summed E-state index contributed by atoms with van der Waals surface area (Å²) in [4.78, 5) is 30.1. The van der Waals surface area contributed by atoms with Crippen LogP contribution in [0.3, 0.4) is 0 Å². The van der Waals surface area contributed by atoms with Crippen LogP contribution in [0.15, 0.2) is 47.5 Å². The highest BCUT2D eigenvalue weighted by Gasteiger charge is 2.55. The minimum Gasteiger partial charge on any atom is -0.481 e. The zero-order chi connectivity index (χ0) is 18.7. The molecule has 1 aliphatic rings. The maximum Gasteiger partial charge on any atom is 0.325 e. The summed E-state index contributed by atoms with van der Waals surface area (Å²) in [5.74, 6) is -0.222. The summed E-state index contributed by atoms with van der Waals surface area (Å²) in [6, 6.07) is 10.8. The highest BCUT2D eigenvalue weighted by atomic mass is 32.2. The fourth-order valence-electron chi connectivity index (χ4n) is 3.05. The van der Waals surface area contributed by atoms with Gasteiger partial charge >= 0.3 is 5.97 Å². The van der Waals surface area contributed by atoms with E-state index in [2.05, 4.69) is 10.3 Å². The monoisotopic (exact) mass is 372 g/mol. The summed E-state index contributed by atoms with van der Waals surface area (Å²) in [6.45, 7) is 2.00. The number of aromatic nitrogens is 1. The summed E-state index contributed by atoms with van der Waals surface area (Å²) >= 11 is 1.34. The molecule has 26 heavy (non-hydrogen) atoms. The number of nitrogens with one attached hydrogen (secondary N) is 1. The highest BCUT2D eigenvalue weighted by Crippen LogP contribution is 2.49. The zero-order valence-electron chi connectivity index (χ0n) is 14.8. The van der Waals surface area contributed by atoms with Crippen LogP contribution in [0.1, 0.15) is 23.6 Å². The van der Waals surface area contributed by atoms with Crippen molar-refractivity contribution in [3.05, 3.63) is 53.7 Å². The molecular formula is C19H20N2O4S. The number of hydrogen-bond acceptors (Lipinski definition) is 6. The number of ether oxygens (including phenoxy) is 2. The van der Waals surface area contributed by atoms with E-state index < -0.39 is 16.8 Å². The fraction of sp³-hybridized carbons (Fsp3) is 0.316. The van der Waals surface area contributed by atoms with Gasteiger partial charge in [-0.2, -0.15) is 0 Å². The predicted molar refractivity (Wildman–Crippen MR) is 98.1 cm³/mol. The van der Waals surface area contributed by atoms with Crippen molar-refractivity contribution in [1.82, 2.24) is 10.3 Å². The molecule has 6 nitrogen and oxygen atoms in total. The number of pyridine rings is 1. The number of amides is 1. The van der Waals surface area contributed by atoms with Gasteiger partial charge in [-0.3, -0.25) is 9.59 Å². The number of benzene rings is 1. The van der Waals surface area contributed by atoms with E-state index in [0.717, 1.165) is 16.0 Å². The Kier molecular flexibility index (Phi) is 5.18. The molecule has 1 unspecified atom stereocenters. The van der Waals surface area contributed by atoms with Crippen LogP contribution in [-0.4, -0.2) is 35.8 Å². The lowest BCUT2D eigenvalue weighted by atomic mass is 9.93. The number of esters is 1. The lowest BCUT2D eigenvalue weighted by Crippen LogP contribution is -2.41. The number of thioether (sulfide) groups is 1. The summed E-state index contributed by atoms with van der Waals surface area (Å²) in [6.07, 6.45) is 1.63. The Morgan fingerprint density at radius 1 is 1.27 bits per heavy atom. The maximum atomic E-state index is 12.8. The van der Waals surface area contributed by atoms with Gasteiger partial charge in [0.1, 0.15) is 0 Å². The van der Waals surface area contributed by atoms with E-state index in [1.165, 1.54) is 26.0 Å². The largest absolute Gasteiger partial charge is 0.481 e. The first-order valence-corrected chi connectivity index (χ1v) is 8.93. The summed E-state index contributed by atoms with van der Waals surface area (Å²) < 4.78 is 9.17. The van der Waals surface area contributed by atoms with E-state index >= 15 is 0 Å². The van der Waals surface area contributed by atoms with Crippen LogP contribution in [0.25, 0.3) is 0 Å². The molecule has 1 aromatic carbocycles. The molecule has 1 N–H and O–H groups in total. The number of carbonyl (C=O) groups is 2. The standard InChI is InChI=1S/C19H20N2O4S/c1-12-4-6-14(7-5-12)26-19(18(23)25-3)11-15(22)21-17(19)13-8-9-20-16(10-13)24-2/h4-10,17H,11H2,1-3H3,(H,21,22)/t17?,19-/m1/s1. The topological polar surface area (TPSA) is 77.5 Å². The Morgan fingerprint density at radius 2 is 2.00 bits per heavy atom. The van der Waals surface area contributed by atoms with Crippen molar-refractivity contribution in [2.24, 2.45) is 0 Å². The molecule has 0 bridgehead atoms. The van der Waals surface area contributed by atoms with Gasteiger partial charge in [0.05, 0.1) is 26.7 Å². The van der Waals surface area contributed by atoms with E-state index in [1.54, 1.807) is 18.3 Å². The lowest BCUT2D eigenvalue weighted by Gasteiger charge is -2.31. The molecule has 0 radical (unpaired) electrons. The van der Waals surface area contributed by atoms with E-state index in [9.17, 15) is 9.59 Å². The molecule has 1 fully saturated rings. The van der Waals surface area contributed by atoms with Crippen LogP contribution in [0, 0.1) is 6.92 Å². The Morgan fingerprint density at radius 3 is 2.65 bits per heavy atom. The third-order valence-electron chi connectivity index (χ3n) is 4.35. The molecule has 0 spiro atoms. The van der Waals surface area contributed by atoms with Gasteiger partial charge in [-0.1, -0.05) is 17.7 Å². The summed E-state index contributed by atoms with van der Waals surface area (Å²) in [5, 5.41) is 2.92. The Hall–Kier alpha value is -2.54. The van der Waals surface area contributed by atoms with Crippen LogP contribution < -0.4 is 10.1 Å². The Bertz CT molecular complexity index is 825. The van der Waals surface area contributed by atoms with Gasteiger partial charge in [-0.15, -0.1) is 11.8 Å².